The fraction of sp³-hybridized carbons (Fsp3) is 0.0909. The smallest absolute Gasteiger partial charge is 0.133 e. The molecule has 1 aromatic carbocycles. The second kappa shape index (κ2) is 3.84. The first-order valence-electron chi connectivity index (χ1n) is 4.50. The first-order valence-corrected chi connectivity index (χ1v) is 4.50. The molecule has 74 valence electrons. The third kappa shape index (κ3) is 1.97. The fourth-order valence-electron chi connectivity index (χ4n) is 1.28. The molecule has 4 heteroatoms. The summed E-state index contributed by atoms with van der Waals surface area (Å²) in [5.41, 5.74) is 1.52. The number of benzene rings is 1. The van der Waals surface area contributed by atoms with Crippen LogP contribution in [0.25, 0.3) is 0 Å². The topological polar surface area (TPSA) is 68.4 Å². The largest absolute Gasteiger partial charge is 0.509 e. The highest BCUT2D eigenvalue weighted by Gasteiger charge is 2.07. The van der Waals surface area contributed by atoms with Crippen LogP contribution in [0.4, 0.5) is 0 Å². The molecule has 0 aliphatic carbocycles. The van der Waals surface area contributed by atoms with E-state index >= 15 is 0 Å². The molecule has 0 fully saturated rings. The molecule has 2 N–H and O–H groups in total. The Morgan fingerprint density at radius 2 is 2.07 bits per heavy atom. The number of nitrogens with one attached hydrogen (secondary N) is 1. The van der Waals surface area contributed by atoms with E-state index in [9.17, 15) is 0 Å². The molecule has 1 aromatic rings. The van der Waals surface area contributed by atoms with Crippen LogP contribution < -0.4 is 5.32 Å². The molecule has 0 radical (unpaired) electrons. The number of rotatable bonds is 1. The molecule has 1 heterocycles. The van der Waals surface area contributed by atoms with Gasteiger partial charge in [0.25, 0.3) is 0 Å². The molecule has 0 spiro atoms. The summed E-state index contributed by atoms with van der Waals surface area (Å²) in [5.74, 6) is 0.921. The fourth-order valence-corrected chi connectivity index (χ4v) is 1.28. The minimum absolute atomic E-state index is 0.215. The number of hydrogen-bond acceptors (Lipinski definition) is 4. The van der Waals surface area contributed by atoms with Crippen molar-refractivity contribution in [2.24, 2.45) is 4.99 Å². The van der Waals surface area contributed by atoms with Gasteiger partial charge in [0.15, 0.2) is 0 Å². The second-order valence-corrected chi connectivity index (χ2v) is 3.14. The summed E-state index contributed by atoms with van der Waals surface area (Å²) in [6.07, 6.45) is 1.42. The van der Waals surface area contributed by atoms with Crippen LogP contribution in [-0.4, -0.2) is 17.5 Å². The molecule has 0 saturated heterocycles. The van der Waals surface area contributed by atoms with Crippen molar-refractivity contribution >= 4 is 5.84 Å². The molecule has 15 heavy (non-hydrogen) atoms. The lowest BCUT2D eigenvalue weighted by Gasteiger charge is -2.12. The third-order valence-corrected chi connectivity index (χ3v) is 2.07. The SMILES string of the molecule is N#Cc1ccc(C2=NC=C(O)CN2)cc1. The summed E-state index contributed by atoms with van der Waals surface area (Å²) in [7, 11) is 0. The summed E-state index contributed by atoms with van der Waals surface area (Å²) >= 11 is 0. The summed E-state index contributed by atoms with van der Waals surface area (Å²) in [5, 5.41) is 20.7. The maximum Gasteiger partial charge on any atom is 0.133 e. The Labute approximate surface area is 87.2 Å². The number of nitrogens with zero attached hydrogens (tertiary/aromatic N) is 2. The van der Waals surface area contributed by atoms with E-state index in [0.717, 1.165) is 5.56 Å². The van der Waals surface area contributed by atoms with Crippen LogP contribution in [0.1, 0.15) is 11.1 Å². The maximum atomic E-state index is 9.10. The quantitative estimate of drug-likeness (QED) is 0.716. The minimum atomic E-state index is 0.215. The molecule has 0 aromatic heterocycles. The maximum absolute atomic E-state index is 9.10. The number of aliphatic imine (C=N–C) groups is 1. The van der Waals surface area contributed by atoms with Gasteiger partial charge in [-0.3, -0.25) is 0 Å². The van der Waals surface area contributed by atoms with Crippen molar-refractivity contribution in [3.8, 4) is 6.07 Å². The van der Waals surface area contributed by atoms with Gasteiger partial charge >= 0.3 is 0 Å². The Hall–Kier alpha value is -2.28. The summed E-state index contributed by atoms with van der Waals surface area (Å²) in [6.45, 7) is 0.388. The summed E-state index contributed by atoms with van der Waals surface area (Å²) in [4.78, 5) is 4.05. The molecule has 1 aliphatic heterocycles. The predicted octanol–water partition coefficient (Wildman–Crippen LogP) is 1.31. The standard InChI is InChI=1S/C11H9N3O/c12-5-8-1-3-9(4-2-8)11-13-6-10(15)7-14-11/h1-4,6,15H,7H2,(H,13,14). The lowest BCUT2D eigenvalue weighted by molar-refractivity contribution is 0.394. The monoisotopic (exact) mass is 199 g/mol. The molecule has 0 amide bonds. The van der Waals surface area contributed by atoms with Crippen molar-refractivity contribution in [1.29, 1.82) is 5.26 Å². The highest BCUT2D eigenvalue weighted by atomic mass is 16.3. The Bertz CT molecular complexity index is 466. The number of aliphatic hydroxyl groups excluding tert-OH is 1. The minimum Gasteiger partial charge on any atom is -0.509 e. The lowest BCUT2D eigenvalue weighted by Crippen LogP contribution is -2.28. The molecular weight excluding hydrogens is 190 g/mol. The van der Waals surface area contributed by atoms with Crippen LogP contribution >= 0.6 is 0 Å². The molecule has 4 nitrogen and oxygen atoms in total. The Kier molecular flexibility index (Phi) is 2.38. The van der Waals surface area contributed by atoms with Crippen molar-refractivity contribution in [3.05, 3.63) is 47.4 Å². The van der Waals surface area contributed by atoms with E-state index in [-0.39, 0.29) is 5.76 Å². The van der Waals surface area contributed by atoms with E-state index in [1.165, 1.54) is 6.20 Å². The molecule has 1 aliphatic rings. The van der Waals surface area contributed by atoms with Crippen molar-refractivity contribution in [3.63, 3.8) is 0 Å². The van der Waals surface area contributed by atoms with E-state index < -0.39 is 0 Å². The highest BCUT2D eigenvalue weighted by Crippen LogP contribution is 2.06. The van der Waals surface area contributed by atoms with Gasteiger partial charge in [0.2, 0.25) is 0 Å². The predicted molar refractivity (Wildman–Crippen MR) is 56.4 cm³/mol. The van der Waals surface area contributed by atoms with Crippen LogP contribution in [0.3, 0.4) is 0 Å². The molecule has 2 rings (SSSR count). The van der Waals surface area contributed by atoms with Gasteiger partial charge in [-0.1, -0.05) is 0 Å². The average molecular weight is 199 g/mol. The number of amidine groups is 1. The molecule has 0 bridgehead atoms. The lowest BCUT2D eigenvalue weighted by atomic mass is 10.1. The van der Waals surface area contributed by atoms with E-state index in [2.05, 4.69) is 16.4 Å². The van der Waals surface area contributed by atoms with Gasteiger partial charge in [0, 0.05) is 5.56 Å². The van der Waals surface area contributed by atoms with Gasteiger partial charge < -0.3 is 10.4 Å². The van der Waals surface area contributed by atoms with Gasteiger partial charge in [-0.05, 0) is 24.3 Å². The van der Waals surface area contributed by atoms with E-state index in [0.29, 0.717) is 17.9 Å². The summed E-state index contributed by atoms with van der Waals surface area (Å²) < 4.78 is 0. The zero-order valence-electron chi connectivity index (χ0n) is 7.94. The average Bonchev–Trinajstić information content (AvgIpc) is 2.30. The number of nitriles is 1. The normalized spacial score (nSPS) is 14.6. The van der Waals surface area contributed by atoms with Gasteiger partial charge in [-0.2, -0.15) is 5.26 Å². The Morgan fingerprint density at radius 3 is 2.60 bits per heavy atom. The van der Waals surface area contributed by atoms with E-state index in [1.807, 2.05) is 12.1 Å². The van der Waals surface area contributed by atoms with Crippen LogP contribution in [0.2, 0.25) is 0 Å². The summed E-state index contributed by atoms with van der Waals surface area (Å²) in [6, 6.07) is 9.16. The third-order valence-electron chi connectivity index (χ3n) is 2.07. The first kappa shape index (κ1) is 9.28. The Morgan fingerprint density at radius 1 is 1.33 bits per heavy atom. The van der Waals surface area contributed by atoms with Crippen molar-refractivity contribution in [2.75, 3.05) is 6.54 Å². The molecule has 0 unspecified atom stereocenters. The van der Waals surface area contributed by atoms with Gasteiger partial charge in [-0.25, -0.2) is 4.99 Å². The van der Waals surface area contributed by atoms with Crippen molar-refractivity contribution in [1.82, 2.24) is 5.32 Å². The van der Waals surface area contributed by atoms with Gasteiger partial charge in [0.1, 0.15) is 11.6 Å². The van der Waals surface area contributed by atoms with Crippen molar-refractivity contribution < 1.29 is 5.11 Å². The molecule has 0 saturated carbocycles. The Balaban J connectivity index is 2.28. The second-order valence-electron chi connectivity index (χ2n) is 3.14. The highest BCUT2D eigenvalue weighted by molar-refractivity contribution is 5.99. The van der Waals surface area contributed by atoms with Crippen LogP contribution in [0.15, 0.2) is 41.2 Å². The number of aliphatic hydroxyl groups is 1. The van der Waals surface area contributed by atoms with Gasteiger partial charge in [-0.15, -0.1) is 0 Å². The van der Waals surface area contributed by atoms with E-state index in [1.54, 1.807) is 12.1 Å². The molecular formula is C11H9N3O. The zero-order chi connectivity index (χ0) is 10.7. The zero-order valence-corrected chi connectivity index (χ0v) is 7.94. The first-order chi connectivity index (χ1) is 7.29. The van der Waals surface area contributed by atoms with Crippen LogP contribution in [0.5, 0.6) is 0 Å². The van der Waals surface area contributed by atoms with Crippen molar-refractivity contribution in [2.45, 2.75) is 0 Å². The van der Waals surface area contributed by atoms with E-state index in [4.69, 9.17) is 10.4 Å². The van der Waals surface area contributed by atoms with Crippen LogP contribution in [-0.2, 0) is 0 Å². The van der Waals surface area contributed by atoms with Gasteiger partial charge in [0.05, 0.1) is 24.4 Å². The van der Waals surface area contributed by atoms with Crippen LogP contribution in [0, 0.1) is 11.3 Å². The molecule has 0 atom stereocenters. The number of hydrogen-bond donors (Lipinski definition) is 2.